The third-order valence-electron chi connectivity index (χ3n) is 1.41. The smallest absolute Gasteiger partial charge is 0.257 e. The van der Waals surface area contributed by atoms with Crippen molar-refractivity contribution in [1.82, 2.24) is 4.98 Å². The minimum absolute atomic E-state index is 0.381. The highest BCUT2D eigenvalue weighted by molar-refractivity contribution is 9.10. The van der Waals surface area contributed by atoms with E-state index in [9.17, 15) is 8.78 Å². The Hall–Kier alpha value is -0.550. The number of nitrogens with zero attached hydrogens (tertiary/aromatic N) is 1. The number of nitrogens with two attached hydrogens (primary N) is 1. The van der Waals surface area contributed by atoms with Crippen LogP contribution in [-0.4, -0.2) is 11.4 Å². The Morgan fingerprint density at radius 1 is 1.50 bits per heavy atom. The van der Waals surface area contributed by atoms with E-state index in [1.54, 1.807) is 0 Å². The lowest BCUT2D eigenvalue weighted by atomic mass is 10.1. The second-order valence-corrected chi connectivity index (χ2v) is 3.08. The molecule has 0 aromatic carbocycles. The summed E-state index contributed by atoms with van der Waals surface area (Å²) in [5, 5.41) is 0. The fourth-order valence-electron chi connectivity index (χ4n) is 0.770. The van der Waals surface area contributed by atoms with Crippen LogP contribution in [-0.2, 0) is 0 Å². The third kappa shape index (κ3) is 2.22. The second kappa shape index (κ2) is 3.91. The largest absolute Gasteiger partial charge is 0.319 e. The molecule has 1 aromatic rings. The summed E-state index contributed by atoms with van der Waals surface area (Å²) in [5.74, 6) is 0. The molecule has 66 valence electrons. The van der Waals surface area contributed by atoms with Crippen LogP contribution in [0.3, 0.4) is 0 Å². The van der Waals surface area contributed by atoms with Gasteiger partial charge in [-0.25, -0.2) is 13.8 Å². The van der Waals surface area contributed by atoms with E-state index in [1.165, 1.54) is 18.3 Å². The summed E-state index contributed by atoms with van der Waals surface area (Å²) in [5.41, 5.74) is 5.59. The van der Waals surface area contributed by atoms with Crippen LogP contribution in [0, 0.1) is 0 Å². The number of aromatic nitrogens is 1. The van der Waals surface area contributed by atoms with Crippen molar-refractivity contribution in [3.05, 3.63) is 28.5 Å². The molecule has 0 aliphatic carbocycles. The number of pyridine rings is 1. The molecule has 2 nitrogen and oxygen atoms in total. The molecule has 0 spiro atoms. The third-order valence-corrected chi connectivity index (χ3v) is 1.84. The van der Waals surface area contributed by atoms with Gasteiger partial charge in [0.1, 0.15) is 4.60 Å². The molecule has 0 radical (unpaired) electrons. The van der Waals surface area contributed by atoms with Gasteiger partial charge in [-0.3, -0.25) is 0 Å². The maximum atomic E-state index is 12.1. The topological polar surface area (TPSA) is 38.9 Å². The zero-order valence-corrected chi connectivity index (χ0v) is 7.63. The van der Waals surface area contributed by atoms with Gasteiger partial charge in [-0.15, -0.1) is 0 Å². The standard InChI is InChI=1S/C7H7BrF2N2/c8-5-3-4(1-2-12-5)6(11)7(9)10/h1-3,6-7H,11H2/t6-/m0/s1. The zero-order valence-electron chi connectivity index (χ0n) is 6.05. The summed E-state index contributed by atoms with van der Waals surface area (Å²) in [6, 6.07) is 1.72. The minimum Gasteiger partial charge on any atom is -0.319 e. The highest BCUT2D eigenvalue weighted by Gasteiger charge is 2.17. The van der Waals surface area contributed by atoms with Gasteiger partial charge in [0.15, 0.2) is 0 Å². The van der Waals surface area contributed by atoms with Crippen molar-refractivity contribution >= 4 is 15.9 Å². The molecule has 1 atom stereocenters. The van der Waals surface area contributed by atoms with E-state index >= 15 is 0 Å². The van der Waals surface area contributed by atoms with Gasteiger partial charge < -0.3 is 5.73 Å². The molecule has 0 unspecified atom stereocenters. The number of hydrogen-bond acceptors (Lipinski definition) is 2. The molecule has 0 aliphatic rings. The second-order valence-electron chi connectivity index (χ2n) is 2.27. The van der Waals surface area contributed by atoms with Crippen molar-refractivity contribution in [2.75, 3.05) is 0 Å². The van der Waals surface area contributed by atoms with Gasteiger partial charge in [0, 0.05) is 6.20 Å². The molecule has 0 aliphatic heterocycles. The van der Waals surface area contributed by atoms with Gasteiger partial charge in [0.05, 0.1) is 6.04 Å². The summed E-state index contributed by atoms with van der Waals surface area (Å²) >= 11 is 3.07. The molecule has 0 amide bonds. The van der Waals surface area contributed by atoms with Crippen LogP contribution >= 0.6 is 15.9 Å². The van der Waals surface area contributed by atoms with Crippen molar-refractivity contribution in [2.24, 2.45) is 5.73 Å². The number of alkyl halides is 2. The van der Waals surface area contributed by atoms with Gasteiger partial charge >= 0.3 is 0 Å². The van der Waals surface area contributed by atoms with Crippen LogP contribution < -0.4 is 5.73 Å². The van der Waals surface area contributed by atoms with Gasteiger partial charge in [-0.1, -0.05) is 0 Å². The molecular weight excluding hydrogens is 230 g/mol. The Bertz CT molecular complexity index is 267. The molecule has 1 rings (SSSR count). The highest BCUT2D eigenvalue weighted by atomic mass is 79.9. The first kappa shape index (κ1) is 9.54. The fraction of sp³-hybridized carbons (Fsp3) is 0.286. The molecule has 5 heteroatoms. The van der Waals surface area contributed by atoms with Crippen molar-refractivity contribution in [2.45, 2.75) is 12.5 Å². The zero-order chi connectivity index (χ0) is 9.14. The van der Waals surface area contributed by atoms with Gasteiger partial charge in [0.2, 0.25) is 0 Å². The van der Waals surface area contributed by atoms with Crippen molar-refractivity contribution in [3.8, 4) is 0 Å². The van der Waals surface area contributed by atoms with Crippen molar-refractivity contribution < 1.29 is 8.78 Å². The van der Waals surface area contributed by atoms with Gasteiger partial charge in [-0.05, 0) is 33.6 Å². The first-order chi connectivity index (χ1) is 5.61. The van der Waals surface area contributed by atoms with E-state index in [1.807, 2.05) is 0 Å². The monoisotopic (exact) mass is 236 g/mol. The predicted octanol–water partition coefficient (Wildman–Crippen LogP) is 2.11. The van der Waals surface area contributed by atoms with Crippen LogP contribution in [0.15, 0.2) is 22.9 Å². The lowest BCUT2D eigenvalue weighted by Gasteiger charge is -2.09. The Kier molecular flexibility index (Phi) is 3.11. The van der Waals surface area contributed by atoms with E-state index in [2.05, 4.69) is 20.9 Å². The summed E-state index contributed by atoms with van der Waals surface area (Å²) in [6.45, 7) is 0. The van der Waals surface area contributed by atoms with Crippen LogP contribution in [0.1, 0.15) is 11.6 Å². The summed E-state index contributed by atoms with van der Waals surface area (Å²) < 4.78 is 24.7. The maximum Gasteiger partial charge on any atom is 0.257 e. The van der Waals surface area contributed by atoms with Crippen LogP contribution in [0.25, 0.3) is 0 Å². The first-order valence-corrected chi connectivity index (χ1v) is 4.05. The van der Waals surface area contributed by atoms with E-state index in [0.717, 1.165) is 0 Å². The minimum atomic E-state index is -2.54. The molecule has 0 saturated heterocycles. The molecule has 12 heavy (non-hydrogen) atoms. The highest BCUT2D eigenvalue weighted by Crippen LogP contribution is 2.19. The molecule has 2 N–H and O–H groups in total. The Morgan fingerprint density at radius 3 is 2.67 bits per heavy atom. The summed E-state index contributed by atoms with van der Waals surface area (Å²) in [7, 11) is 0. The number of hydrogen-bond donors (Lipinski definition) is 1. The number of halogens is 3. The lowest BCUT2D eigenvalue weighted by Crippen LogP contribution is -2.18. The quantitative estimate of drug-likeness (QED) is 0.800. The number of rotatable bonds is 2. The molecule has 1 aromatic heterocycles. The normalized spacial score (nSPS) is 13.4. The SMILES string of the molecule is N[C@@H](c1ccnc(Br)c1)C(F)F. The summed E-state index contributed by atoms with van der Waals surface area (Å²) in [6.07, 6.45) is -1.11. The molecular formula is C7H7BrF2N2. The average molecular weight is 237 g/mol. The van der Waals surface area contributed by atoms with Crippen molar-refractivity contribution in [1.29, 1.82) is 0 Å². The molecule has 0 saturated carbocycles. The van der Waals surface area contributed by atoms with E-state index in [4.69, 9.17) is 5.73 Å². The lowest BCUT2D eigenvalue weighted by molar-refractivity contribution is 0.116. The Morgan fingerprint density at radius 2 is 2.17 bits per heavy atom. The van der Waals surface area contributed by atoms with E-state index in [0.29, 0.717) is 10.2 Å². The van der Waals surface area contributed by atoms with Crippen LogP contribution in [0.2, 0.25) is 0 Å². The Labute approximate surface area is 76.9 Å². The average Bonchev–Trinajstić information content (AvgIpc) is 2.03. The fourth-order valence-corrected chi connectivity index (χ4v) is 1.15. The molecule has 0 fully saturated rings. The van der Waals surface area contributed by atoms with Gasteiger partial charge in [0.25, 0.3) is 6.43 Å². The first-order valence-electron chi connectivity index (χ1n) is 3.26. The maximum absolute atomic E-state index is 12.1. The Balaban J connectivity index is 2.88. The van der Waals surface area contributed by atoms with Gasteiger partial charge in [-0.2, -0.15) is 0 Å². The van der Waals surface area contributed by atoms with Crippen LogP contribution in [0.4, 0.5) is 8.78 Å². The van der Waals surface area contributed by atoms with E-state index < -0.39 is 12.5 Å². The molecule has 0 bridgehead atoms. The van der Waals surface area contributed by atoms with E-state index in [-0.39, 0.29) is 0 Å². The summed E-state index contributed by atoms with van der Waals surface area (Å²) in [4.78, 5) is 3.80. The predicted molar refractivity (Wildman–Crippen MR) is 44.9 cm³/mol. The van der Waals surface area contributed by atoms with Crippen molar-refractivity contribution in [3.63, 3.8) is 0 Å². The molecule has 1 heterocycles. The van der Waals surface area contributed by atoms with Crippen LogP contribution in [0.5, 0.6) is 0 Å².